The van der Waals surface area contributed by atoms with Crippen molar-refractivity contribution in [1.29, 1.82) is 0 Å². The molecule has 3 aromatic rings. The Labute approximate surface area is 126 Å². The summed E-state index contributed by atoms with van der Waals surface area (Å²) in [5.74, 6) is 1.00. The average molecular weight is 305 g/mol. The first kappa shape index (κ1) is 13.3. The van der Waals surface area contributed by atoms with Gasteiger partial charge in [0, 0.05) is 16.6 Å². The van der Waals surface area contributed by atoms with Crippen LogP contribution in [0.3, 0.4) is 0 Å². The van der Waals surface area contributed by atoms with Gasteiger partial charge in [-0.05, 0) is 30.3 Å². The van der Waals surface area contributed by atoms with E-state index in [2.05, 4.69) is 34.0 Å². The zero-order valence-corrected chi connectivity index (χ0v) is 12.6. The molecule has 2 N–H and O–H groups in total. The molecule has 0 saturated carbocycles. The van der Waals surface area contributed by atoms with Crippen LogP contribution >= 0.6 is 23.8 Å². The summed E-state index contributed by atoms with van der Waals surface area (Å²) in [6, 6.07) is 7.77. The summed E-state index contributed by atoms with van der Waals surface area (Å²) < 4.78 is 0.429. The van der Waals surface area contributed by atoms with E-state index >= 15 is 0 Å². The second-order valence-corrected chi connectivity index (χ2v) is 5.69. The van der Waals surface area contributed by atoms with Crippen LogP contribution in [0.25, 0.3) is 22.3 Å². The van der Waals surface area contributed by atoms with Gasteiger partial charge < -0.3 is 0 Å². The van der Waals surface area contributed by atoms with Crippen molar-refractivity contribution in [1.82, 2.24) is 20.2 Å². The van der Waals surface area contributed by atoms with Gasteiger partial charge in [0.25, 0.3) is 0 Å². The van der Waals surface area contributed by atoms with Crippen LogP contribution in [0.15, 0.2) is 24.3 Å². The molecule has 0 unspecified atom stereocenters. The van der Waals surface area contributed by atoms with E-state index < -0.39 is 0 Å². The lowest BCUT2D eigenvalue weighted by Gasteiger charge is -2.11. The van der Waals surface area contributed by atoms with Crippen molar-refractivity contribution < 1.29 is 0 Å². The number of rotatable bonds is 2. The summed E-state index contributed by atoms with van der Waals surface area (Å²) in [6.45, 7) is 4.20. The number of benzene rings is 1. The normalized spacial score (nSPS) is 11.4. The van der Waals surface area contributed by atoms with Crippen molar-refractivity contribution in [2.24, 2.45) is 0 Å². The number of H-pyrrole nitrogens is 2. The highest BCUT2D eigenvalue weighted by Gasteiger charge is 2.13. The van der Waals surface area contributed by atoms with Crippen molar-refractivity contribution in [3.8, 4) is 11.4 Å². The summed E-state index contributed by atoms with van der Waals surface area (Å²) in [5, 5.41) is 7.41. The van der Waals surface area contributed by atoms with Gasteiger partial charge in [-0.2, -0.15) is 4.98 Å². The van der Waals surface area contributed by atoms with E-state index in [9.17, 15) is 0 Å². The minimum Gasteiger partial charge on any atom is -0.282 e. The van der Waals surface area contributed by atoms with E-state index in [-0.39, 0.29) is 0 Å². The minimum absolute atomic E-state index is 0.302. The Morgan fingerprint density at radius 2 is 2.00 bits per heavy atom. The van der Waals surface area contributed by atoms with Gasteiger partial charge in [-0.1, -0.05) is 37.6 Å². The molecule has 0 atom stereocenters. The summed E-state index contributed by atoms with van der Waals surface area (Å²) in [6.07, 6.45) is 0. The number of fused-ring (bicyclic) bond motifs is 1. The summed E-state index contributed by atoms with van der Waals surface area (Å²) in [5.41, 5.74) is 2.72. The van der Waals surface area contributed by atoms with E-state index in [1.807, 2.05) is 24.3 Å². The molecule has 2 aromatic heterocycles. The van der Waals surface area contributed by atoms with E-state index in [0.29, 0.717) is 21.5 Å². The van der Waals surface area contributed by atoms with E-state index in [0.717, 1.165) is 22.2 Å². The number of aromatic nitrogens is 4. The minimum atomic E-state index is 0.302. The van der Waals surface area contributed by atoms with E-state index in [1.54, 1.807) is 0 Å². The summed E-state index contributed by atoms with van der Waals surface area (Å²) in [4.78, 5) is 8.95. The molecule has 0 spiro atoms. The highest BCUT2D eigenvalue weighted by atomic mass is 35.5. The third-order valence-electron chi connectivity index (χ3n) is 3.16. The molecule has 3 rings (SSSR count). The smallest absolute Gasteiger partial charge is 0.213 e. The highest BCUT2D eigenvalue weighted by Crippen LogP contribution is 2.31. The monoisotopic (exact) mass is 304 g/mol. The Morgan fingerprint density at radius 3 is 2.65 bits per heavy atom. The van der Waals surface area contributed by atoms with Gasteiger partial charge in [0.15, 0.2) is 5.82 Å². The molecule has 0 radical (unpaired) electrons. The SMILES string of the molecule is CC(C)c1cc(-c2nc(=S)[nH][nH]2)c2cccc(Cl)c2n1. The molecular weight excluding hydrogens is 292 g/mol. The molecule has 6 heteroatoms. The molecule has 2 heterocycles. The van der Waals surface area contributed by atoms with Crippen LogP contribution in [0.4, 0.5) is 0 Å². The number of para-hydroxylation sites is 1. The van der Waals surface area contributed by atoms with Crippen LogP contribution in [0, 0.1) is 4.77 Å². The zero-order valence-electron chi connectivity index (χ0n) is 11.1. The maximum absolute atomic E-state index is 6.28. The van der Waals surface area contributed by atoms with E-state index in [4.69, 9.17) is 23.8 Å². The molecule has 0 saturated heterocycles. The van der Waals surface area contributed by atoms with Crippen molar-refractivity contribution >= 4 is 34.7 Å². The van der Waals surface area contributed by atoms with Crippen LogP contribution < -0.4 is 0 Å². The second-order valence-electron chi connectivity index (χ2n) is 4.90. The summed E-state index contributed by atoms with van der Waals surface area (Å²) >= 11 is 11.3. The predicted octanol–water partition coefficient (Wildman–Crippen LogP) is 4.46. The van der Waals surface area contributed by atoms with Gasteiger partial charge in [-0.3, -0.25) is 15.2 Å². The van der Waals surface area contributed by atoms with Crippen LogP contribution in [0.2, 0.25) is 5.02 Å². The number of nitrogens with zero attached hydrogens (tertiary/aromatic N) is 2. The molecule has 0 bridgehead atoms. The Hall–Kier alpha value is -1.72. The number of hydrogen-bond donors (Lipinski definition) is 2. The van der Waals surface area contributed by atoms with Gasteiger partial charge in [-0.25, -0.2) is 0 Å². The molecule has 0 aliphatic carbocycles. The Morgan fingerprint density at radius 1 is 1.20 bits per heavy atom. The van der Waals surface area contributed by atoms with Gasteiger partial charge >= 0.3 is 0 Å². The maximum atomic E-state index is 6.28. The zero-order chi connectivity index (χ0) is 14.3. The van der Waals surface area contributed by atoms with Gasteiger partial charge in [0.2, 0.25) is 4.77 Å². The number of nitrogens with one attached hydrogen (secondary N) is 2. The quantitative estimate of drug-likeness (QED) is 0.687. The fraction of sp³-hybridized carbons (Fsp3) is 0.214. The average Bonchev–Trinajstić information content (AvgIpc) is 2.84. The largest absolute Gasteiger partial charge is 0.282 e. The third-order valence-corrected chi connectivity index (χ3v) is 3.66. The Balaban J connectivity index is 2.39. The molecule has 1 aromatic carbocycles. The van der Waals surface area contributed by atoms with Gasteiger partial charge in [0.05, 0.1) is 10.5 Å². The first-order chi connectivity index (χ1) is 9.56. The molecule has 0 fully saturated rings. The van der Waals surface area contributed by atoms with Crippen LogP contribution in [0.1, 0.15) is 25.5 Å². The number of hydrogen-bond acceptors (Lipinski definition) is 3. The van der Waals surface area contributed by atoms with Crippen LogP contribution in [-0.4, -0.2) is 20.2 Å². The summed E-state index contributed by atoms with van der Waals surface area (Å²) in [7, 11) is 0. The molecular formula is C14H13ClN4S. The second kappa shape index (κ2) is 5.00. The predicted molar refractivity (Wildman–Crippen MR) is 83.6 cm³/mol. The molecule has 0 amide bonds. The highest BCUT2D eigenvalue weighted by molar-refractivity contribution is 7.71. The van der Waals surface area contributed by atoms with Gasteiger partial charge in [0.1, 0.15) is 0 Å². The van der Waals surface area contributed by atoms with Crippen LogP contribution in [0.5, 0.6) is 0 Å². The molecule has 0 aliphatic rings. The first-order valence-corrected chi connectivity index (χ1v) is 7.09. The fourth-order valence-electron chi connectivity index (χ4n) is 2.12. The van der Waals surface area contributed by atoms with Crippen molar-refractivity contribution in [3.05, 3.63) is 39.8 Å². The van der Waals surface area contributed by atoms with Crippen LogP contribution in [-0.2, 0) is 0 Å². The fourth-order valence-corrected chi connectivity index (χ4v) is 2.48. The maximum Gasteiger partial charge on any atom is 0.213 e. The lowest BCUT2D eigenvalue weighted by Crippen LogP contribution is -1.96. The number of halogens is 1. The number of aromatic amines is 2. The Kier molecular flexibility index (Phi) is 3.31. The first-order valence-electron chi connectivity index (χ1n) is 6.30. The molecule has 20 heavy (non-hydrogen) atoms. The van der Waals surface area contributed by atoms with Crippen molar-refractivity contribution in [3.63, 3.8) is 0 Å². The standard InChI is InChI=1S/C14H13ClN4S/c1-7(2)11-6-9(13-17-14(20)19-18-13)8-4-3-5-10(15)12(8)16-11/h3-7H,1-2H3,(H2,17,18,19,20). The van der Waals surface area contributed by atoms with E-state index in [1.165, 1.54) is 0 Å². The lowest BCUT2D eigenvalue weighted by molar-refractivity contribution is 0.830. The molecule has 102 valence electrons. The lowest BCUT2D eigenvalue weighted by atomic mass is 10.0. The Bertz CT molecular complexity index is 835. The third kappa shape index (κ3) is 2.23. The number of pyridine rings is 1. The van der Waals surface area contributed by atoms with Crippen molar-refractivity contribution in [2.45, 2.75) is 19.8 Å². The topological polar surface area (TPSA) is 57.4 Å². The molecule has 4 nitrogen and oxygen atoms in total. The van der Waals surface area contributed by atoms with Crippen molar-refractivity contribution in [2.75, 3.05) is 0 Å². The molecule has 0 aliphatic heterocycles. The van der Waals surface area contributed by atoms with Gasteiger partial charge in [-0.15, -0.1) is 0 Å².